The molecule has 0 amide bonds. The maximum absolute atomic E-state index is 5.94. The molecule has 0 aliphatic heterocycles. The zero-order valence-electron chi connectivity index (χ0n) is 12.4. The Morgan fingerprint density at radius 3 is 2.22 bits per heavy atom. The van der Waals surface area contributed by atoms with Gasteiger partial charge in [0.1, 0.15) is 14.0 Å². The predicted octanol–water partition coefficient (Wildman–Crippen LogP) is 4.76. The minimum Gasteiger partial charge on any atom is -0.544 e. The average molecular weight is 280 g/mol. The molecule has 0 atom stereocenters. The van der Waals surface area contributed by atoms with Crippen LogP contribution in [0.1, 0.15) is 5.56 Å². The normalized spacial score (nSPS) is 12.1. The molecule has 1 aromatic carbocycles. The lowest BCUT2D eigenvalue weighted by atomic mass is 10.2. The first-order valence-corrected chi connectivity index (χ1v) is 13.2. The molecular formula is C14H25NOSi2. The van der Waals surface area contributed by atoms with Gasteiger partial charge < -0.3 is 9.41 Å². The van der Waals surface area contributed by atoms with E-state index in [1.54, 1.807) is 0 Å². The van der Waals surface area contributed by atoms with Gasteiger partial charge in [-0.25, -0.2) is 0 Å². The van der Waals surface area contributed by atoms with Crippen LogP contribution in [-0.4, -0.2) is 16.6 Å². The van der Waals surface area contributed by atoms with Crippen molar-refractivity contribution in [2.24, 2.45) is 0 Å². The second-order valence-electron chi connectivity index (χ2n) is 6.59. The van der Waals surface area contributed by atoms with Crippen molar-refractivity contribution in [3.05, 3.63) is 36.4 Å². The average Bonchev–Trinajstić information content (AvgIpc) is 2.12. The lowest BCUT2D eigenvalue weighted by Gasteiger charge is -2.23. The van der Waals surface area contributed by atoms with Gasteiger partial charge in [-0.05, 0) is 31.8 Å². The number of hydrogen-bond acceptors (Lipinski definition) is 2. The summed E-state index contributed by atoms with van der Waals surface area (Å²) in [6.45, 7) is 17.4. The van der Waals surface area contributed by atoms with Crippen LogP contribution in [0.2, 0.25) is 39.3 Å². The summed E-state index contributed by atoms with van der Waals surface area (Å²) < 4.78 is 5.94. The van der Waals surface area contributed by atoms with E-state index in [-0.39, 0.29) is 0 Å². The highest BCUT2D eigenvalue weighted by Crippen LogP contribution is 2.23. The van der Waals surface area contributed by atoms with Crippen LogP contribution in [0.25, 0.3) is 5.76 Å². The molecule has 1 rings (SSSR count). The molecule has 1 aromatic rings. The largest absolute Gasteiger partial charge is 0.544 e. The van der Waals surface area contributed by atoms with E-state index in [1.165, 1.54) is 0 Å². The highest BCUT2D eigenvalue weighted by molar-refractivity contribution is 6.79. The second-order valence-corrected chi connectivity index (χ2v) is 15.8. The highest BCUT2D eigenvalue weighted by atomic mass is 28.4. The summed E-state index contributed by atoms with van der Waals surface area (Å²) in [7, 11) is -2.89. The monoisotopic (exact) mass is 279 g/mol. The Kier molecular flexibility index (Phi) is 4.45. The molecule has 0 fully saturated rings. The van der Waals surface area contributed by atoms with E-state index >= 15 is 0 Å². The van der Waals surface area contributed by atoms with Gasteiger partial charge in [-0.15, -0.1) is 0 Å². The van der Waals surface area contributed by atoms with Gasteiger partial charge in [-0.1, -0.05) is 38.4 Å². The van der Waals surface area contributed by atoms with Gasteiger partial charge in [0.25, 0.3) is 0 Å². The predicted molar refractivity (Wildman–Crippen MR) is 86.9 cm³/mol. The topological polar surface area (TPSA) is 21.3 Å². The molecule has 4 heteroatoms. The van der Waals surface area contributed by atoms with E-state index in [2.05, 4.69) is 75.1 Å². The molecule has 0 aliphatic rings. The lowest BCUT2D eigenvalue weighted by Crippen LogP contribution is -2.32. The summed E-state index contributed by atoms with van der Waals surface area (Å²) in [5.74, 6) is 0.786. The molecule has 0 aliphatic carbocycles. The number of rotatable bonds is 5. The van der Waals surface area contributed by atoms with Crippen LogP contribution >= 0.6 is 0 Å². The van der Waals surface area contributed by atoms with Crippen molar-refractivity contribution in [1.82, 2.24) is 0 Å². The minimum atomic E-state index is -1.58. The van der Waals surface area contributed by atoms with Gasteiger partial charge in [0.2, 0.25) is 8.32 Å². The van der Waals surface area contributed by atoms with Gasteiger partial charge in [0, 0.05) is 11.3 Å². The van der Waals surface area contributed by atoms with Crippen LogP contribution in [-0.2, 0) is 4.43 Å². The Morgan fingerprint density at radius 1 is 1.11 bits per heavy atom. The van der Waals surface area contributed by atoms with Crippen LogP contribution in [0, 0.1) is 0 Å². The Hall–Kier alpha value is -1.01. The van der Waals surface area contributed by atoms with E-state index in [9.17, 15) is 0 Å². The van der Waals surface area contributed by atoms with Crippen LogP contribution in [0.5, 0.6) is 0 Å². The second kappa shape index (κ2) is 5.32. The van der Waals surface area contributed by atoms with Crippen molar-refractivity contribution in [2.45, 2.75) is 39.3 Å². The van der Waals surface area contributed by atoms with Crippen LogP contribution < -0.4 is 4.98 Å². The molecule has 0 saturated heterocycles. The third-order valence-corrected chi connectivity index (χ3v) is 4.03. The van der Waals surface area contributed by atoms with E-state index < -0.39 is 16.6 Å². The summed E-state index contributed by atoms with van der Waals surface area (Å²) in [5, 5.41) is 0. The molecule has 0 heterocycles. The van der Waals surface area contributed by atoms with Crippen molar-refractivity contribution >= 4 is 28.0 Å². The smallest absolute Gasteiger partial charge is 0.242 e. The molecular weight excluding hydrogens is 254 g/mol. The standard InChI is InChI=1S/C14H25NOSi2/c1-12(16-18(5,6)7)13-9-8-10-14(11-13)15-17(2,3)4/h8-11,15H,1H2,2-7H3. The molecule has 0 unspecified atom stereocenters. The van der Waals surface area contributed by atoms with Gasteiger partial charge >= 0.3 is 0 Å². The van der Waals surface area contributed by atoms with E-state index in [4.69, 9.17) is 4.43 Å². The molecule has 0 radical (unpaired) electrons. The van der Waals surface area contributed by atoms with Crippen LogP contribution in [0.4, 0.5) is 5.69 Å². The molecule has 1 N–H and O–H groups in total. The fourth-order valence-corrected chi connectivity index (χ4v) is 3.51. The number of hydrogen-bond donors (Lipinski definition) is 1. The van der Waals surface area contributed by atoms with Crippen LogP contribution in [0.15, 0.2) is 30.8 Å². The summed E-state index contributed by atoms with van der Waals surface area (Å²) in [6.07, 6.45) is 0. The summed E-state index contributed by atoms with van der Waals surface area (Å²) in [6, 6.07) is 8.33. The first kappa shape index (κ1) is 15.1. The number of anilines is 1. The number of benzene rings is 1. The lowest BCUT2D eigenvalue weighted by molar-refractivity contribution is 0.516. The van der Waals surface area contributed by atoms with Gasteiger partial charge in [-0.3, -0.25) is 0 Å². The minimum absolute atomic E-state index is 0.786. The Labute approximate surface area is 113 Å². The SMILES string of the molecule is C=C(O[Si](C)(C)C)c1cccc(N[Si](C)(C)C)c1. The van der Waals surface area contributed by atoms with Crippen molar-refractivity contribution in [1.29, 1.82) is 0 Å². The van der Waals surface area contributed by atoms with E-state index in [0.29, 0.717) is 0 Å². The Morgan fingerprint density at radius 2 is 1.72 bits per heavy atom. The van der Waals surface area contributed by atoms with Crippen molar-refractivity contribution in [3.63, 3.8) is 0 Å². The third kappa shape index (κ3) is 5.55. The fourth-order valence-electron chi connectivity index (χ4n) is 1.63. The summed E-state index contributed by atoms with van der Waals surface area (Å²) >= 11 is 0. The van der Waals surface area contributed by atoms with Crippen molar-refractivity contribution < 1.29 is 4.43 Å². The number of nitrogens with one attached hydrogen (secondary N) is 1. The first-order valence-electron chi connectivity index (χ1n) is 6.33. The molecule has 2 nitrogen and oxygen atoms in total. The quantitative estimate of drug-likeness (QED) is 0.620. The Balaban J connectivity index is 2.85. The zero-order chi connectivity index (χ0) is 14.0. The van der Waals surface area contributed by atoms with Crippen molar-refractivity contribution in [3.8, 4) is 0 Å². The maximum atomic E-state index is 5.94. The van der Waals surface area contributed by atoms with E-state index in [0.717, 1.165) is 17.0 Å². The zero-order valence-corrected chi connectivity index (χ0v) is 14.4. The molecule has 0 aromatic heterocycles. The van der Waals surface area contributed by atoms with Gasteiger partial charge in [0.05, 0.1) is 0 Å². The first-order chi connectivity index (χ1) is 8.07. The van der Waals surface area contributed by atoms with Crippen molar-refractivity contribution in [2.75, 3.05) is 4.98 Å². The van der Waals surface area contributed by atoms with Crippen LogP contribution in [0.3, 0.4) is 0 Å². The fraction of sp³-hybridized carbons (Fsp3) is 0.429. The summed E-state index contributed by atoms with van der Waals surface area (Å²) in [5.41, 5.74) is 2.23. The molecule has 18 heavy (non-hydrogen) atoms. The Bertz CT molecular complexity index is 430. The van der Waals surface area contributed by atoms with E-state index in [1.807, 2.05) is 0 Å². The molecule has 0 saturated carbocycles. The van der Waals surface area contributed by atoms with Gasteiger partial charge in [0.15, 0.2) is 0 Å². The molecule has 0 spiro atoms. The third-order valence-electron chi connectivity index (χ3n) is 2.13. The maximum Gasteiger partial charge on any atom is 0.242 e. The molecule has 100 valence electrons. The summed E-state index contributed by atoms with van der Waals surface area (Å²) in [4.78, 5) is 3.59. The highest BCUT2D eigenvalue weighted by Gasteiger charge is 2.18. The van der Waals surface area contributed by atoms with Gasteiger partial charge in [-0.2, -0.15) is 0 Å². The molecule has 0 bridgehead atoms.